The quantitative estimate of drug-likeness (QED) is 0.837. The Morgan fingerprint density at radius 1 is 1.19 bits per heavy atom. The van der Waals surface area contributed by atoms with Crippen LogP contribution in [0.1, 0.15) is 28.7 Å². The Kier molecular flexibility index (Phi) is 5.21. The van der Waals surface area contributed by atoms with Crippen molar-refractivity contribution in [3.05, 3.63) is 63.4 Å². The Hall–Kier alpha value is -1.58. The molecule has 0 unspecified atom stereocenters. The lowest BCUT2D eigenvalue weighted by Crippen LogP contribution is -2.31. The molecule has 3 nitrogen and oxygen atoms in total. The zero-order valence-electron chi connectivity index (χ0n) is 11.9. The van der Waals surface area contributed by atoms with E-state index in [-0.39, 0.29) is 5.91 Å². The van der Waals surface area contributed by atoms with Gasteiger partial charge >= 0.3 is 0 Å². The normalized spacial score (nSPS) is 10.5. The smallest absolute Gasteiger partial charge is 0.272 e. The predicted octanol–water partition coefficient (Wildman–Crippen LogP) is 4.36. The van der Waals surface area contributed by atoms with E-state index in [1.54, 1.807) is 23.1 Å². The first-order valence-corrected chi connectivity index (χ1v) is 7.43. The van der Waals surface area contributed by atoms with E-state index in [1.165, 1.54) is 0 Å². The van der Waals surface area contributed by atoms with E-state index < -0.39 is 0 Å². The van der Waals surface area contributed by atoms with E-state index in [1.807, 2.05) is 32.0 Å². The van der Waals surface area contributed by atoms with Gasteiger partial charge in [-0.05, 0) is 43.7 Å². The molecule has 0 aliphatic heterocycles. The summed E-state index contributed by atoms with van der Waals surface area (Å²) in [5.74, 6) is -0.0905. The van der Waals surface area contributed by atoms with Gasteiger partial charge in [0.1, 0.15) is 5.69 Å². The van der Waals surface area contributed by atoms with Crippen LogP contribution in [-0.4, -0.2) is 22.3 Å². The predicted molar refractivity (Wildman–Crippen MR) is 85.9 cm³/mol. The summed E-state index contributed by atoms with van der Waals surface area (Å²) in [4.78, 5) is 18.5. The Morgan fingerprint density at radius 2 is 1.95 bits per heavy atom. The van der Waals surface area contributed by atoms with Crippen molar-refractivity contribution < 1.29 is 4.79 Å². The van der Waals surface area contributed by atoms with Gasteiger partial charge in [-0.2, -0.15) is 0 Å². The number of halogens is 2. The van der Waals surface area contributed by atoms with E-state index in [2.05, 4.69) is 4.98 Å². The Labute approximate surface area is 134 Å². The number of nitrogens with zero attached hydrogens (tertiary/aromatic N) is 2. The second kappa shape index (κ2) is 6.92. The van der Waals surface area contributed by atoms with Gasteiger partial charge in [-0.3, -0.25) is 4.79 Å². The second-order valence-electron chi connectivity index (χ2n) is 4.73. The van der Waals surface area contributed by atoms with Gasteiger partial charge in [-0.25, -0.2) is 4.98 Å². The summed E-state index contributed by atoms with van der Waals surface area (Å²) in [6.07, 6.45) is 0. The number of carbonyl (C=O) groups excluding carboxylic acids is 1. The fourth-order valence-electron chi connectivity index (χ4n) is 2.01. The van der Waals surface area contributed by atoms with E-state index in [4.69, 9.17) is 23.2 Å². The SMILES string of the molecule is CCN(Cc1ccc(Cl)c(Cl)c1)C(=O)c1cccc(C)n1. The minimum atomic E-state index is -0.0905. The van der Waals surface area contributed by atoms with Crippen molar-refractivity contribution in [3.8, 4) is 0 Å². The molecule has 0 aliphatic rings. The molecule has 0 saturated carbocycles. The van der Waals surface area contributed by atoms with E-state index in [0.29, 0.717) is 28.8 Å². The minimum absolute atomic E-state index is 0.0905. The molecule has 0 bridgehead atoms. The highest BCUT2D eigenvalue weighted by atomic mass is 35.5. The van der Waals surface area contributed by atoms with Crippen molar-refractivity contribution >= 4 is 29.1 Å². The van der Waals surface area contributed by atoms with Gasteiger partial charge in [0.25, 0.3) is 5.91 Å². The molecule has 0 saturated heterocycles. The maximum Gasteiger partial charge on any atom is 0.272 e. The third-order valence-corrected chi connectivity index (χ3v) is 3.87. The number of benzene rings is 1. The van der Waals surface area contributed by atoms with Gasteiger partial charge in [0.2, 0.25) is 0 Å². The lowest BCUT2D eigenvalue weighted by Gasteiger charge is -2.21. The topological polar surface area (TPSA) is 33.2 Å². The summed E-state index contributed by atoms with van der Waals surface area (Å²) in [5, 5.41) is 1.00. The van der Waals surface area contributed by atoms with Crippen LogP contribution in [0.2, 0.25) is 10.0 Å². The first-order valence-electron chi connectivity index (χ1n) is 6.68. The lowest BCUT2D eigenvalue weighted by molar-refractivity contribution is 0.0746. The van der Waals surface area contributed by atoms with Crippen LogP contribution in [0.15, 0.2) is 36.4 Å². The number of hydrogen-bond acceptors (Lipinski definition) is 2. The first-order chi connectivity index (χ1) is 10.0. The van der Waals surface area contributed by atoms with Gasteiger partial charge in [0.05, 0.1) is 10.0 Å². The lowest BCUT2D eigenvalue weighted by atomic mass is 10.2. The van der Waals surface area contributed by atoms with Gasteiger partial charge in [-0.15, -0.1) is 0 Å². The zero-order chi connectivity index (χ0) is 15.4. The van der Waals surface area contributed by atoms with Crippen molar-refractivity contribution in [1.29, 1.82) is 0 Å². The van der Waals surface area contributed by atoms with Crippen LogP contribution in [0.4, 0.5) is 0 Å². The van der Waals surface area contributed by atoms with Crippen LogP contribution in [-0.2, 0) is 6.54 Å². The van der Waals surface area contributed by atoms with Crippen molar-refractivity contribution in [2.75, 3.05) is 6.54 Å². The largest absolute Gasteiger partial charge is 0.333 e. The maximum atomic E-state index is 12.5. The molecule has 0 spiro atoms. The van der Waals surface area contributed by atoms with Crippen molar-refractivity contribution in [3.63, 3.8) is 0 Å². The molecule has 2 rings (SSSR count). The highest BCUT2D eigenvalue weighted by Gasteiger charge is 2.16. The average molecular weight is 323 g/mol. The number of rotatable bonds is 4. The third-order valence-electron chi connectivity index (χ3n) is 3.13. The van der Waals surface area contributed by atoms with Crippen molar-refractivity contribution in [2.24, 2.45) is 0 Å². The number of aromatic nitrogens is 1. The standard InChI is InChI=1S/C16H16Cl2N2O/c1-3-20(10-12-7-8-13(17)14(18)9-12)16(21)15-6-4-5-11(2)19-15/h4-9H,3,10H2,1-2H3. The number of amides is 1. The molecule has 2 aromatic rings. The summed E-state index contributed by atoms with van der Waals surface area (Å²) < 4.78 is 0. The van der Waals surface area contributed by atoms with Crippen LogP contribution in [0, 0.1) is 6.92 Å². The Morgan fingerprint density at radius 3 is 2.57 bits per heavy atom. The monoisotopic (exact) mass is 322 g/mol. The molecule has 0 atom stereocenters. The van der Waals surface area contributed by atoms with Gasteiger partial charge in [0.15, 0.2) is 0 Å². The molecule has 110 valence electrons. The zero-order valence-corrected chi connectivity index (χ0v) is 13.4. The van der Waals surface area contributed by atoms with Gasteiger partial charge < -0.3 is 4.90 Å². The molecule has 1 heterocycles. The Bertz CT molecular complexity index is 658. The number of pyridine rings is 1. The molecule has 0 radical (unpaired) electrons. The molecular formula is C16H16Cl2N2O. The summed E-state index contributed by atoms with van der Waals surface area (Å²) >= 11 is 11.9. The molecule has 5 heteroatoms. The number of carbonyl (C=O) groups is 1. The molecule has 1 amide bonds. The second-order valence-corrected chi connectivity index (χ2v) is 5.55. The van der Waals surface area contributed by atoms with Gasteiger partial charge in [0, 0.05) is 18.8 Å². The third kappa shape index (κ3) is 3.96. The number of aryl methyl sites for hydroxylation is 1. The summed E-state index contributed by atoms with van der Waals surface area (Å²) in [5.41, 5.74) is 2.22. The summed E-state index contributed by atoms with van der Waals surface area (Å²) in [6, 6.07) is 10.8. The Balaban J connectivity index is 2.19. The van der Waals surface area contributed by atoms with Crippen molar-refractivity contribution in [2.45, 2.75) is 20.4 Å². The fraction of sp³-hybridized carbons (Fsp3) is 0.250. The van der Waals surface area contributed by atoms with E-state index in [9.17, 15) is 4.79 Å². The van der Waals surface area contributed by atoms with Crippen LogP contribution < -0.4 is 0 Å². The molecule has 1 aromatic carbocycles. The minimum Gasteiger partial charge on any atom is -0.333 e. The number of hydrogen-bond donors (Lipinski definition) is 0. The summed E-state index contributed by atoms with van der Waals surface area (Å²) in [7, 11) is 0. The maximum absolute atomic E-state index is 12.5. The van der Waals surface area contributed by atoms with Gasteiger partial charge in [-0.1, -0.05) is 35.3 Å². The first kappa shape index (κ1) is 15.8. The highest BCUT2D eigenvalue weighted by molar-refractivity contribution is 6.42. The van der Waals surface area contributed by atoms with E-state index >= 15 is 0 Å². The van der Waals surface area contributed by atoms with Crippen molar-refractivity contribution in [1.82, 2.24) is 9.88 Å². The molecule has 0 aliphatic carbocycles. The average Bonchev–Trinajstić information content (AvgIpc) is 2.47. The molecule has 21 heavy (non-hydrogen) atoms. The van der Waals surface area contributed by atoms with Crippen LogP contribution >= 0.6 is 23.2 Å². The van der Waals surface area contributed by atoms with E-state index in [0.717, 1.165) is 11.3 Å². The fourth-order valence-corrected chi connectivity index (χ4v) is 2.33. The molecule has 0 fully saturated rings. The molecular weight excluding hydrogens is 307 g/mol. The van der Waals surface area contributed by atoms with Crippen LogP contribution in [0.25, 0.3) is 0 Å². The van der Waals surface area contributed by atoms with Crippen LogP contribution in [0.3, 0.4) is 0 Å². The molecule has 0 N–H and O–H groups in total. The molecule has 1 aromatic heterocycles. The summed E-state index contributed by atoms with van der Waals surface area (Å²) in [6.45, 7) is 4.87. The highest BCUT2D eigenvalue weighted by Crippen LogP contribution is 2.23. The van der Waals surface area contributed by atoms with Crippen LogP contribution in [0.5, 0.6) is 0 Å².